The molecular formula is C72H74N8O8. The molecule has 16 heteroatoms. The second-order valence-electron chi connectivity index (χ2n) is 21.8. The third-order valence-corrected chi connectivity index (χ3v) is 14.8. The number of hydrogen-bond acceptors (Lipinski definition) is 14. The van der Waals surface area contributed by atoms with E-state index in [-0.39, 0.29) is 38.2 Å². The van der Waals surface area contributed by atoms with Crippen molar-refractivity contribution >= 4 is 33.4 Å². The van der Waals surface area contributed by atoms with Crippen LogP contribution in [0.5, 0.6) is 11.5 Å². The average Bonchev–Trinajstić information content (AvgIpc) is 0.852. The van der Waals surface area contributed by atoms with Crippen molar-refractivity contribution < 1.29 is 38.0 Å². The molecule has 10 aromatic rings. The van der Waals surface area contributed by atoms with E-state index in [1.165, 1.54) is 9.80 Å². The molecule has 0 bridgehead atoms. The van der Waals surface area contributed by atoms with Gasteiger partial charge in [-0.2, -0.15) is 0 Å². The Bertz CT molecular complexity index is 3730. The molecule has 0 unspecified atom stereocenters. The zero-order chi connectivity index (χ0) is 61.2. The summed E-state index contributed by atoms with van der Waals surface area (Å²) < 4.78 is 37.6. The van der Waals surface area contributed by atoms with Crippen LogP contribution in [-0.2, 0) is 31.8 Å². The number of pyridine rings is 6. The number of amides is 2. The molecule has 0 saturated heterocycles. The maximum Gasteiger partial charge on any atom is 0.257 e. The molecule has 0 fully saturated rings. The first-order valence-corrected chi connectivity index (χ1v) is 29.8. The molecule has 0 radical (unpaired) electrons. The summed E-state index contributed by atoms with van der Waals surface area (Å²) in [6, 6.07) is 47.4. The molecule has 2 amide bonds. The van der Waals surface area contributed by atoms with Crippen molar-refractivity contribution in [3.63, 3.8) is 0 Å². The highest BCUT2D eigenvalue weighted by molar-refractivity contribution is 6.16. The average molecular weight is 1180 g/mol. The fourth-order valence-corrected chi connectivity index (χ4v) is 10.3. The van der Waals surface area contributed by atoms with E-state index in [4.69, 9.17) is 48.4 Å². The molecule has 0 aliphatic rings. The summed E-state index contributed by atoms with van der Waals surface area (Å²) >= 11 is 0. The van der Waals surface area contributed by atoms with E-state index in [1.807, 2.05) is 160 Å². The summed E-state index contributed by atoms with van der Waals surface area (Å²) in [6.07, 6.45) is 10.6. The molecule has 6 aromatic heterocycles. The number of nitrogens with zero attached hydrogens (tertiary/aromatic N) is 8. The van der Waals surface area contributed by atoms with Gasteiger partial charge in [-0.05, 0) is 156 Å². The first-order valence-electron chi connectivity index (χ1n) is 29.8. The van der Waals surface area contributed by atoms with E-state index in [0.29, 0.717) is 73.4 Å². The predicted molar refractivity (Wildman–Crippen MR) is 345 cm³/mol. The molecular weight excluding hydrogens is 1100 g/mol. The summed E-state index contributed by atoms with van der Waals surface area (Å²) in [6.45, 7) is 7.38. The zero-order valence-electron chi connectivity index (χ0n) is 50.9. The van der Waals surface area contributed by atoms with Crippen LogP contribution in [0.1, 0.15) is 55.8 Å². The maximum atomic E-state index is 14.3. The van der Waals surface area contributed by atoms with Crippen LogP contribution in [0.25, 0.3) is 78.2 Å². The number of carbonyl (C=O) groups is 2. The Labute approximate surface area is 514 Å². The second kappa shape index (κ2) is 30.3. The smallest absolute Gasteiger partial charge is 0.257 e. The van der Waals surface area contributed by atoms with Crippen molar-refractivity contribution in [2.45, 2.75) is 39.5 Å². The lowest BCUT2D eigenvalue weighted by Crippen LogP contribution is -2.24. The van der Waals surface area contributed by atoms with Crippen LogP contribution in [0, 0.1) is 13.8 Å². The summed E-state index contributed by atoms with van der Waals surface area (Å²) in [5.41, 5.74) is 12.9. The Morgan fingerprint density at radius 2 is 0.773 bits per heavy atom. The van der Waals surface area contributed by atoms with Crippen LogP contribution in [0.2, 0.25) is 0 Å². The van der Waals surface area contributed by atoms with Gasteiger partial charge in [0.1, 0.15) is 24.7 Å². The number of hydrogen-bond donors (Lipinski definition) is 0. The number of carbonyl (C=O) groups excluding carboxylic acids is 2. The third kappa shape index (κ3) is 15.8. The SMILES string of the molecule is Cc1ccnc(-c2cccc(-c3ccc(CCCOCCOCCOc4c(C(=O)N(C)C)cc5ccccc5c4-c4c(OCCOCCOCCCc5ccc(-c6cccc(-c7cc(C)ccn7)n6)nc5)c(C(=O)N(C)C)cc5ccccc45)cn3)n2)c1. The highest BCUT2D eigenvalue weighted by atomic mass is 16.6. The van der Waals surface area contributed by atoms with Crippen LogP contribution < -0.4 is 9.47 Å². The van der Waals surface area contributed by atoms with Gasteiger partial charge in [0.25, 0.3) is 11.8 Å². The molecule has 0 aliphatic carbocycles. The van der Waals surface area contributed by atoms with Gasteiger partial charge in [-0.3, -0.25) is 29.5 Å². The Morgan fingerprint density at radius 3 is 1.16 bits per heavy atom. The highest BCUT2D eigenvalue weighted by Crippen LogP contribution is 2.49. The fraction of sp³-hybridized carbons (Fsp3) is 0.278. The lowest BCUT2D eigenvalue weighted by Gasteiger charge is -2.25. The molecule has 0 atom stereocenters. The molecule has 16 nitrogen and oxygen atoms in total. The number of rotatable bonds is 29. The molecule has 450 valence electrons. The number of fused-ring (bicyclic) bond motifs is 2. The minimum absolute atomic E-state index is 0.122. The lowest BCUT2D eigenvalue weighted by molar-refractivity contribution is 0.0354. The van der Waals surface area contributed by atoms with Crippen molar-refractivity contribution in [1.82, 2.24) is 39.7 Å². The molecule has 10 rings (SSSR count). The van der Waals surface area contributed by atoms with Crippen molar-refractivity contribution in [2.75, 3.05) is 94.3 Å². The number of aryl methyl sites for hydroxylation is 4. The largest absolute Gasteiger partial charge is 0.490 e. The van der Waals surface area contributed by atoms with Crippen molar-refractivity contribution in [2.24, 2.45) is 0 Å². The van der Waals surface area contributed by atoms with Crippen molar-refractivity contribution in [3.8, 4) is 68.2 Å². The molecule has 0 N–H and O–H groups in total. The number of ether oxygens (including phenoxy) is 6. The van der Waals surface area contributed by atoms with Crippen LogP contribution >= 0.6 is 0 Å². The molecule has 0 aliphatic heterocycles. The summed E-state index contributed by atoms with van der Waals surface area (Å²) in [5.74, 6) is 0.210. The summed E-state index contributed by atoms with van der Waals surface area (Å²) in [4.78, 5) is 59.7. The Kier molecular flexibility index (Phi) is 21.3. The maximum absolute atomic E-state index is 14.3. The molecule has 4 aromatic carbocycles. The van der Waals surface area contributed by atoms with E-state index in [1.54, 1.807) is 40.6 Å². The normalized spacial score (nSPS) is 11.3. The molecule has 0 saturated carbocycles. The Morgan fingerprint density at radius 1 is 0.386 bits per heavy atom. The van der Waals surface area contributed by atoms with Gasteiger partial charge >= 0.3 is 0 Å². The van der Waals surface area contributed by atoms with Gasteiger partial charge in [-0.1, -0.05) is 72.8 Å². The van der Waals surface area contributed by atoms with Gasteiger partial charge in [-0.15, -0.1) is 0 Å². The summed E-state index contributed by atoms with van der Waals surface area (Å²) in [7, 11) is 6.86. The van der Waals surface area contributed by atoms with E-state index < -0.39 is 0 Å². The monoisotopic (exact) mass is 1180 g/mol. The third-order valence-electron chi connectivity index (χ3n) is 14.8. The quantitative estimate of drug-likeness (QED) is 0.0405. The minimum Gasteiger partial charge on any atom is -0.490 e. The fourth-order valence-electron chi connectivity index (χ4n) is 10.3. The van der Waals surface area contributed by atoms with E-state index >= 15 is 0 Å². The lowest BCUT2D eigenvalue weighted by atomic mass is 9.88. The second-order valence-corrected chi connectivity index (χ2v) is 21.8. The van der Waals surface area contributed by atoms with Gasteiger partial charge in [0, 0.05) is 77.3 Å². The number of aromatic nitrogens is 6. The van der Waals surface area contributed by atoms with Crippen molar-refractivity contribution in [3.05, 3.63) is 204 Å². The molecule has 88 heavy (non-hydrogen) atoms. The van der Waals surface area contributed by atoms with Crippen LogP contribution in [0.15, 0.2) is 170 Å². The van der Waals surface area contributed by atoms with Crippen LogP contribution in [0.4, 0.5) is 0 Å². The Hall–Kier alpha value is -9.32. The van der Waals surface area contributed by atoms with Crippen molar-refractivity contribution in [1.29, 1.82) is 0 Å². The highest BCUT2D eigenvalue weighted by Gasteiger charge is 2.29. The van der Waals surface area contributed by atoms with Crippen LogP contribution in [0.3, 0.4) is 0 Å². The van der Waals surface area contributed by atoms with E-state index in [0.717, 1.165) is 115 Å². The predicted octanol–water partition coefficient (Wildman–Crippen LogP) is 12.8. The van der Waals surface area contributed by atoms with E-state index in [2.05, 4.69) is 22.1 Å². The Balaban J connectivity index is 0.747. The zero-order valence-corrected chi connectivity index (χ0v) is 50.9. The minimum atomic E-state index is -0.247. The molecule has 0 spiro atoms. The number of benzene rings is 4. The first-order chi connectivity index (χ1) is 43.0. The van der Waals surface area contributed by atoms with E-state index in [9.17, 15) is 9.59 Å². The standard InChI is InChI=1S/C72H74N8O8/c1-49-29-31-73-65(43-49)63-23-11-21-61(77-63)59-27-25-51(47-75-59)15-13-33-83-35-37-85-39-41-87-69-57(71(81)79(3)4)45-53-17-7-9-19-55(53)67(69)68-56-20-10-8-18-54(56)46-58(72(82)80(5)6)70(68)88-42-40-86-38-36-84-34-14-16-52-26-28-60(76-48-52)62-22-12-24-64(78-62)66-44-50(2)30-32-74-66/h7-12,17-32,43-48H,13-16,33-42H2,1-6H3. The van der Waals surface area contributed by atoms with Gasteiger partial charge in [-0.25, -0.2) is 9.97 Å². The van der Waals surface area contributed by atoms with Crippen LogP contribution in [-0.4, -0.2) is 146 Å². The van der Waals surface area contributed by atoms with Gasteiger partial charge in [0.2, 0.25) is 0 Å². The summed E-state index contributed by atoms with van der Waals surface area (Å²) in [5, 5.41) is 3.26. The first kappa shape index (κ1) is 61.8. The van der Waals surface area contributed by atoms with Gasteiger partial charge in [0.05, 0.1) is 96.3 Å². The molecule has 6 heterocycles. The van der Waals surface area contributed by atoms with Gasteiger partial charge < -0.3 is 38.2 Å². The topological polar surface area (TPSA) is 173 Å². The van der Waals surface area contributed by atoms with Gasteiger partial charge in [0.15, 0.2) is 0 Å².